The predicted molar refractivity (Wildman–Crippen MR) is 103 cm³/mol. The van der Waals surface area contributed by atoms with Crippen molar-refractivity contribution in [3.05, 3.63) is 72.3 Å². The summed E-state index contributed by atoms with van der Waals surface area (Å²) in [7, 11) is -3.48. The van der Waals surface area contributed by atoms with Gasteiger partial charge >= 0.3 is 5.97 Å². The van der Waals surface area contributed by atoms with Crippen LogP contribution in [0.25, 0.3) is 10.8 Å². The van der Waals surface area contributed by atoms with Crippen LogP contribution in [0.15, 0.2) is 71.6 Å². The molecule has 1 heterocycles. The Balaban J connectivity index is 1.51. The molecule has 5 nitrogen and oxygen atoms in total. The van der Waals surface area contributed by atoms with E-state index in [0.717, 1.165) is 23.6 Å². The molecule has 0 atom stereocenters. The Hall–Kier alpha value is -2.70. The topological polar surface area (TPSA) is 63.7 Å². The number of ether oxygens (including phenoxy) is 1. The molecule has 3 aromatic carbocycles. The summed E-state index contributed by atoms with van der Waals surface area (Å²) in [6.07, 6.45) is 1.77. The Bertz CT molecular complexity index is 1080. The van der Waals surface area contributed by atoms with Gasteiger partial charge in [0, 0.05) is 13.1 Å². The maximum Gasteiger partial charge on any atom is 0.343 e. The monoisotopic (exact) mass is 381 g/mol. The van der Waals surface area contributed by atoms with Crippen molar-refractivity contribution >= 4 is 26.8 Å². The summed E-state index contributed by atoms with van der Waals surface area (Å²) >= 11 is 0. The van der Waals surface area contributed by atoms with Gasteiger partial charge in [-0.25, -0.2) is 13.2 Å². The molecule has 0 aromatic heterocycles. The van der Waals surface area contributed by atoms with Crippen molar-refractivity contribution < 1.29 is 17.9 Å². The lowest BCUT2D eigenvalue weighted by molar-refractivity contribution is 0.0735. The molecule has 0 amide bonds. The standard InChI is InChI=1S/C21H19NO4S/c23-21(26-19-10-7-16-5-1-2-6-18(16)15-19)17-8-11-20(12-9-17)27(24,25)22-13-3-4-14-22/h1-2,5-12,15H,3-4,13-14H2. The highest BCUT2D eigenvalue weighted by Gasteiger charge is 2.27. The van der Waals surface area contributed by atoms with Crippen LogP contribution in [0.4, 0.5) is 0 Å². The van der Waals surface area contributed by atoms with E-state index in [1.54, 1.807) is 12.1 Å². The van der Waals surface area contributed by atoms with Crippen LogP contribution in [0.5, 0.6) is 5.75 Å². The van der Waals surface area contributed by atoms with Crippen molar-refractivity contribution in [3.8, 4) is 5.75 Å². The average Bonchev–Trinajstić information content (AvgIpc) is 3.24. The molecule has 0 N–H and O–H groups in total. The lowest BCUT2D eigenvalue weighted by Crippen LogP contribution is -2.27. The molecule has 4 rings (SSSR count). The summed E-state index contributed by atoms with van der Waals surface area (Å²) < 4.78 is 32.0. The van der Waals surface area contributed by atoms with E-state index in [1.165, 1.54) is 28.6 Å². The number of sulfonamides is 1. The minimum absolute atomic E-state index is 0.201. The molecule has 0 saturated carbocycles. The van der Waals surface area contributed by atoms with E-state index in [9.17, 15) is 13.2 Å². The Labute approximate surface area is 158 Å². The molecular weight excluding hydrogens is 362 g/mol. The number of benzene rings is 3. The Morgan fingerprint density at radius 2 is 1.52 bits per heavy atom. The lowest BCUT2D eigenvalue weighted by atomic mass is 10.1. The number of hydrogen-bond donors (Lipinski definition) is 0. The van der Waals surface area contributed by atoms with E-state index in [0.29, 0.717) is 24.4 Å². The molecule has 1 fully saturated rings. The van der Waals surface area contributed by atoms with E-state index < -0.39 is 16.0 Å². The molecule has 0 bridgehead atoms. The van der Waals surface area contributed by atoms with Gasteiger partial charge in [0.2, 0.25) is 10.0 Å². The van der Waals surface area contributed by atoms with Gasteiger partial charge in [0.15, 0.2) is 0 Å². The number of fused-ring (bicyclic) bond motifs is 1. The van der Waals surface area contributed by atoms with Crippen molar-refractivity contribution in [2.75, 3.05) is 13.1 Å². The number of hydrogen-bond acceptors (Lipinski definition) is 4. The minimum atomic E-state index is -3.48. The zero-order valence-corrected chi connectivity index (χ0v) is 15.5. The third-order valence-corrected chi connectivity index (χ3v) is 6.64. The molecular formula is C21H19NO4S. The third-order valence-electron chi connectivity index (χ3n) is 4.72. The summed E-state index contributed by atoms with van der Waals surface area (Å²) in [5.41, 5.74) is 0.309. The molecule has 1 saturated heterocycles. The van der Waals surface area contributed by atoms with Crippen LogP contribution >= 0.6 is 0 Å². The van der Waals surface area contributed by atoms with Crippen LogP contribution in [0, 0.1) is 0 Å². The highest BCUT2D eigenvalue weighted by atomic mass is 32.2. The fourth-order valence-corrected chi connectivity index (χ4v) is 4.75. The summed E-state index contributed by atoms with van der Waals surface area (Å²) in [5.74, 6) is -0.0668. The van der Waals surface area contributed by atoms with Crippen molar-refractivity contribution in [1.29, 1.82) is 0 Å². The molecule has 3 aromatic rings. The lowest BCUT2D eigenvalue weighted by Gasteiger charge is -2.15. The fourth-order valence-electron chi connectivity index (χ4n) is 3.24. The first-order valence-electron chi connectivity index (χ1n) is 8.85. The van der Waals surface area contributed by atoms with Crippen molar-refractivity contribution in [1.82, 2.24) is 4.31 Å². The van der Waals surface area contributed by atoms with E-state index >= 15 is 0 Å². The molecule has 0 radical (unpaired) electrons. The second-order valence-corrected chi connectivity index (χ2v) is 8.47. The highest BCUT2D eigenvalue weighted by molar-refractivity contribution is 7.89. The number of rotatable bonds is 4. The van der Waals surface area contributed by atoms with Crippen LogP contribution in [-0.2, 0) is 10.0 Å². The van der Waals surface area contributed by atoms with Gasteiger partial charge in [0.1, 0.15) is 5.75 Å². The summed E-state index contributed by atoms with van der Waals surface area (Å²) in [4.78, 5) is 12.6. The largest absolute Gasteiger partial charge is 0.423 e. The van der Waals surface area contributed by atoms with Gasteiger partial charge in [-0.05, 0) is 60.0 Å². The SMILES string of the molecule is O=C(Oc1ccc2ccccc2c1)c1ccc(S(=O)(=O)N2CCCC2)cc1. The molecule has 0 aliphatic carbocycles. The maximum atomic E-state index is 12.5. The van der Waals surface area contributed by atoms with Crippen molar-refractivity contribution in [2.24, 2.45) is 0 Å². The smallest absolute Gasteiger partial charge is 0.343 e. The maximum absolute atomic E-state index is 12.5. The quantitative estimate of drug-likeness (QED) is 0.509. The van der Waals surface area contributed by atoms with E-state index in [-0.39, 0.29) is 4.90 Å². The van der Waals surface area contributed by atoms with Gasteiger partial charge in [-0.15, -0.1) is 0 Å². The van der Waals surface area contributed by atoms with Gasteiger partial charge in [-0.1, -0.05) is 30.3 Å². The molecule has 1 aliphatic heterocycles. The number of esters is 1. The first-order chi connectivity index (χ1) is 13.0. The molecule has 0 spiro atoms. The van der Waals surface area contributed by atoms with E-state index in [1.807, 2.05) is 30.3 Å². The van der Waals surface area contributed by atoms with Crippen LogP contribution < -0.4 is 4.74 Å². The zero-order valence-electron chi connectivity index (χ0n) is 14.7. The van der Waals surface area contributed by atoms with Crippen molar-refractivity contribution in [2.45, 2.75) is 17.7 Å². The molecule has 138 valence electrons. The number of carbonyl (C=O) groups is 1. The van der Waals surface area contributed by atoms with E-state index in [4.69, 9.17) is 4.74 Å². The second-order valence-electron chi connectivity index (χ2n) is 6.53. The zero-order chi connectivity index (χ0) is 18.9. The van der Waals surface area contributed by atoms with Gasteiger partial charge in [-0.3, -0.25) is 0 Å². The number of carbonyl (C=O) groups excluding carboxylic acids is 1. The molecule has 0 unspecified atom stereocenters. The fraction of sp³-hybridized carbons (Fsp3) is 0.190. The first-order valence-corrected chi connectivity index (χ1v) is 10.3. The molecule has 1 aliphatic rings. The second kappa shape index (κ2) is 7.13. The van der Waals surface area contributed by atoms with Crippen LogP contribution in [-0.4, -0.2) is 31.8 Å². The average molecular weight is 381 g/mol. The normalized spacial score (nSPS) is 15.1. The molecule has 6 heteroatoms. The summed E-state index contributed by atoms with van der Waals surface area (Å²) in [6.45, 7) is 1.10. The van der Waals surface area contributed by atoms with Gasteiger partial charge in [-0.2, -0.15) is 4.31 Å². The summed E-state index contributed by atoms with van der Waals surface area (Å²) in [6, 6.07) is 19.2. The predicted octanol–water partition coefficient (Wildman–Crippen LogP) is 3.84. The van der Waals surface area contributed by atoms with Crippen LogP contribution in [0.1, 0.15) is 23.2 Å². The Morgan fingerprint density at radius 1 is 0.852 bits per heavy atom. The van der Waals surface area contributed by atoms with E-state index in [2.05, 4.69) is 0 Å². The Kier molecular flexibility index (Phi) is 4.68. The third kappa shape index (κ3) is 3.59. The van der Waals surface area contributed by atoms with Gasteiger partial charge in [0.25, 0.3) is 0 Å². The Morgan fingerprint density at radius 3 is 2.22 bits per heavy atom. The summed E-state index contributed by atoms with van der Waals surface area (Å²) in [5, 5.41) is 2.05. The first kappa shape index (κ1) is 17.7. The van der Waals surface area contributed by atoms with Crippen LogP contribution in [0.3, 0.4) is 0 Å². The minimum Gasteiger partial charge on any atom is -0.423 e. The van der Waals surface area contributed by atoms with Gasteiger partial charge < -0.3 is 4.74 Å². The van der Waals surface area contributed by atoms with Crippen LogP contribution in [0.2, 0.25) is 0 Å². The highest BCUT2D eigenvalue weighted by Crippen LogP contribution is 2.23. The molecule has 27 heavy (non-hydrogen) atoms. The van der Waals surface area contributed by atoms with Gasteiger partial charge in [0.05, 0.1) is 10.5 Å². The van der Waals surface area contributed by atoms with Crippen molar-refractivity contribution in [3.63, 3.8) is 0 Å². The number of nitrogens with zero attached hydrogens (tertiary/aromatic N) is 1.